The third-order valence-corrected chi connectivity index (χ3v) is 4.73. The van der Waals surface area contributed by atoms with Gasteiger partial charge in [0.05, 0.1) is 37.2 Å². The molecule has 6 heteroatoms. The van der Waals surface area contributed by atoms with Crippen LogP contribution in [0.5, 0.6) is 0 Å². The van der Waals surface area contributed by atoms with Gasteiger partial charge in [-0.1, -0.05) is 18.2 Å². The average Bonchev–Trinajstić information content (AvgIpc) is 3.11. The summed E-state index contributed by atoms with van der Waals surface area (Å²) in [5.74, 6) is 0.0120. The van der Waals surface area contributed by atoms with Gasteiger partial charge in [0.1, 0.15) is 5.65 Å². The van der Waals surface area contributed by atoms with E-state index < -0.39 is 0 Å². The SMILES string of the molecule is CN(Cc1cnc2ccccn12)C(=O)c1ccccc1N1CCOCC1. The highest BCUT2D eigenvalue weighted by Gasteiger charge is 2.21. The Hall–Kier alpha value is -2.86. The fourth-order valence-electron chi connectivity index (χ4n) is 3.36. The van der Waals surface area contributed by atoms with Crippen LogP contribution in [0.1, 0.15) is 16.1 Å². The number of ether oxygens (including phenoxy) is 1. The molecule has 2 aromatic heterocycles. The summed E-state index contributed by atoms with van der Waals surface area (Å²) in [6.07, 6.45) is 3.80. The standard InChI is InChI=1S/C20H22N4O2/c1-22(15-16-14-21-19-8-4-5-9-24(16)19)20(25)17-6-2-3-7-18(17)23-10-12-26-13-11-23/h2-9,14H,10-13,15H2,1H3. The van der Waals surface area contributed by atoms with Crippen molar-refractivity contribution in [3.8, 4) is 0 Å². The molecule has 0 radical (unpaired) electrons. The van der Waals surface area contributed by atoms with Crippen molar-refractivity contribution < 1.29 is 9.53 Å². The van der Waals surface area contributed by atoms with Crippen LogP contribution in [0.4, 0.5) is 5.69 Å². The first-order valence-electron chi connectivity index (χ1n) is 8.82. The molecule has 0 unspecified atom stereocenters. The molecule has 1 aliphatic heterocycles. The number of carbonyl (C=O) groups excluding carboxylic acids is 1. The van der Waals surface area contributed by atoms with Crippen molar-refractivity contribution in [2.24, 2.45) is 0 Å². The Labute approximate surface area is 152 Å². The van der Waals surface area contributed by atoms with E-state index in [4.69, 9.17) is 4.74 Å². The van der Waals surface area contributed by atoms with E-state index in [2.05, 4.69) is 9.88 Å². The fraction of sp³-hybridized carbons (Fsp3) is 0.300. The number of hydrogen-bond donors (Lipinski definition) is 0. The second-order valence-corrected chi connectivity index (χ2v) is 6.46. The van der Waals surface area contributed by atoms with Gasteiger partial charge in [-0.15, -0.1) is 0 Å². The first-order chi connectivity index (χ1) is 12.7. The van der Waals surface area contributed by atoms with Crippen LogP contribution in [-0.4, -0.2) is 53.5 Å². The summed E-state index contributed by atoms with van der Waals surface area (Å²) in [4.78, 5) is 21.5. The van der Waals surface area contributed by atoms with Gasteiger partial charge in [-0.05, 0) is 24.3 Å². The molecule has 3 heterocycles. The van der Waals surface area contributed by atoms with Crippen molar-refractivity contribution in [2.75, 3.05) is 38.3 Å². The summed E-state index contributed by atoms with van der Waals surface area (Å²) in [5, 5.41) is 0. The second kappa shape index (κ2) is 7.17. The van der Waals surface area contributed by atoms with Crippen molar-refractivity contribution in [3.05, 3.63) is 66.1 Å². The highest BCUT2D eigenvalue weighted by atomic mass is 16.5. The molecule has 1 amide bonds. The van der Waals surface area contributed by atoms with E-state index in [-0.39, 0.29) is 5.91 Å². The third-order valence-electron chi connectivity index (χ3n) is 4.73. The number of para-hydroxylation sites is 1. The average molecular weight is 350 g/mol. The van der Waals surface area contributed by atoms with Crippen LogP contribution in [0.25, 0.3) is 5.65 Å². The molecule has 0 aliphatic carbocycles. The van der Waals surface area contributed by atoms with Crippen LogP contribution in [0.3, 0.4) is 0 Å². The molecule has 1 aromatic carbocycles. The van der Waals surface area contributed by atoms with Gasteiger partial charge in [-0.3, -0.25) is 4.79 Å². The van der Waals surface area contributed by atoms with E-state index in [1.165, 1.54) is 0 Å². The van der Waals surface area contributed by atoms with Crippen molar-refractivity contribution in [1.82, 2.24) is 14.3 Å². The summed E-state index contributed by atoms with van der Waals surface area (Å²) in [7, 11) is 1.83. The summed E-state index contributed by atoms with van der Waals surface area (Å²) in [5.41, 5.74) is 3.58. The molecule has 1 saturated heterocycles. The van der Waals surface area contributed by atoms with Gasteiger partial charge in [0.15, 0.2) is 0 Å². The molecule has 6 nitrogen and oxygen atoms in total. The molecule has 0 atom stereocenters. The van der Waals surface area contributed by atoms with Crippen molar-refractivity contribution in [3.63, 3.8) is 0 Å². The lowest BCUT2D eigenvalue weighted by atomic mass is 10.1. The maximum Gasteiger partial charge on any atom is 0.256 e. The lowest BCUT2D eigenvalue weighted by Crippen LogP contribution is -2.38. The van der Waals surface area contributed by atoms with Gasteiger partial charge >= 0.3 is 0 Å². The maximum absolute atomic E-state index is 13.1. The zero-order valence-corrected chi connectivity index (χ0v) is 14.8. The Morgan fingerprint density at radius 2 is 1.92 bits per heavy atom. The summed E-state index contributed by atoms with van der Waals surface area (Å²) >= 11 is 0. The van der Waals surface area contributed by atoms with Gasteiger partial charge in [0.2, 0.25) is 0 Å². The normalized spacial score (nSPS) is 14.6. The Balaban J connectivity index is 1.57. The van der Waals surface area contributed by atoms with Crippen LogP contribution in [0, 0.1) is 0 Å². The number of benzene rings is 1. The van der Waals surface area contributed by atoms with E-state index >= 15 is 0 Å². The number of fused-ring (bicyclic) bond motifs is 1. The Morgan fingerprint density at radius 1 is 1.15 bits per heavy atom. The minimum absolute atomic E-state index is 0.0120. The monoisotopic (exact) mass is 350 g/mol. The highest BCUT2D eigenvalue weighted by molar-refractivity contribution is 5.99. The molecule has 134 valence electrons. The molecular formula is C20H22N4O2. The highest BCUT2D eigenvalue weighted by Crippen LogP contribution is 2.23. The van der Waals surface area contributed by atoms with Crippen LogP contribution in [0.2, 0.25) is 0 Å². The summed E-state index contributed by atoms with van der Waals surface area (Å²) < 4.78 is 7.44. The largest absolute Gasteiger partial charge is 0.378 e. The van der Waals surface area contributed by atoms with Crippen molar-refractivity contribution >= 4 is 17.2 Å². The van der Waals surface area contributed by atoms with Crippen LogP contribution in [-0.2, 0) is 11.3 Å². The van der Waals surface area contributed by atoms with Gasteiger partial charge in [0, 0.05) is 32.0 Å². The summed E-state index contributed by atoms with van der Waals surface area (Å²) in [6.45, 7) is 3.50. The maximum atomic E-state index is 13.1. The molecule has 0 spiro atoms. The van der Waals surface area contributed by atoms with E-state index in [0.717, 1.165) is 35.7 Å². The van der Waals surface area contributed by atoms with E-state index in [1.807, 2.05) is 66.3 Å². The molecule has 1 aliphatic rings. The van der Waals surface area contributed by atoms with Gasteiger partial charge in [-0.25, -0.2) is 4.98 Å². The number of imidazole rings is 1. The van der Waals surface area contributed by atoms with Gasteiger partial charge in [0.25, 0.3) is 5.91 Å². The lowest BCUT2D eigenvalue weighted by Gasteiger charge is -2.31. The molecule has 0 N–H and O–H groups in total. The number of pyridine rings is 1. The number of hydrogen-bond acceptors (Lipinski definition) is 4. The predicted molar refractivity (Wildman–Crippen MR) is 100 cm³/mol. The number of amides is 1. The minimum atomic E-state index is 0.0120. The Kier molecular flexibility index (Phi) is 4.58. The molecule has 0 saturated carbocycles. The first kappa shape index (κ1) is 16.6. The van der Waals surface area contributed by atoms with Crippen molar-refractivity contribution in [1.29, 1.82) is 0 Å². The Bertz CT molecular complexity index is 915. The van der Waals surface area contributed by atoms with Gasteiger partial charge in [-0.2, -0.15) is 0 Å². The number of anilines is 1. The van der Waals surface area contributed by atoms with E-state index in [0.29, 0.717) is 19.8 Å². The van der Waals surface area contributed by atoms with Gasteiger partial charge < -0.3 is 18.9 Å². The molecular weight excluding hydrogens is 328 g/mol. The van der Waals surface area contributed by atoms with E-state index in [1.54, 1.807) is 4.90 Å². The third kappa shape index (κ3) is 3.15. The van der Waals surface area contributed by atoms with Crippen LogP contribution >= 0.6 is 0 Å². The second-order valence-electron chi connectivity index (χ2n) is 6.46. The number of rotatable bonds is 4. The molecule has 3 aromatic rings. The molecule has 26 heavy (non-hydrogen) atoms. The molecule has 4 rings (SSSR count). The summed E-state index contributed by atoms with van der Waals surface area (Å²) in [6, 6.07) is 13.7. The van der Waals surface area contributed by atoms with E-state index in [9.17, 15) is 4.79 Å². The Morgan fingerprint density at radius 3 is 2.77 bits per heavy atom. The number of morpholine rings is 1. The quantitative estimate of drug-likeness (QED) is 0.725. The zero-order valence-electron chi connectivity index (χ0n) is 14.8. The number of nitrogens with zero attached hydrogens (tertiary/aromatic N) is 4. The fourth-order valence-corrected chi connectivity index (χ4v) is 3.36. The zero-order chi connectivity index (χ0) is 17.9. The number of carbonyl (C=O) groups is 1. The van der Waals surface area contributed by atoms with Crippen LogP contribution in [0.15, 0.2) is 54.9 Å². The van der Waals surface area contributed by atoms with Crippen molar-refractivity contribution in [2.45, 2.75) is 6.54 Å². The lowest BCUT2D eigenvalue weighted by molar-refractivity contribution is 0.0782. The number of aromatic nitrogens is 2. The predicted octanol–water partition coefficient (Wildman–Crippen LogP) is 2.44. The first-order valence-corrected chi connectivity index (χ1v) is 8.82. The minimum Gasteiger partial charge on any atom is -0.378 e. The smallest absolute Gasteiger partial charge is 0.256 e. The molecule has 1 fully saturated rings. The molecule has 0 bridgehead atoms. The topological polar surface area (TPSA) is 50.1 Å². The van der Waals surface area contributed by atoms with Crippen LogP contribution < -0.4 is 4.90 Å².